The van der Waals surface area contributed by atoms with E-state index in [9.17, 15) is 8.42 Å². The van der Waals surface area contributed by atoms with E-state index in [0.717, 1.165) is 5.56 Å². The molecule has 1 rings (SSSR count). The number of aliphatic hydroxyl groups excluding tert-OH is 1. The summed E-state index contributed by atoms with van der Waals surface area (Å²) in [6.45, 7) is 4.40. The fourth-order valence-electron chi connectivity index (χ4n) is 1.65. The Hall–Kier alpha value is -0.430. The van der Waals surface area contributed by atoms with Crippen LogP contribution >= 0.6 is 15.9 Å². The van der Waals surface area contributed by atoms with Crippen molar-refractivity contribution in [1.82, 2.24) is 4.31 Å². The minimum Gasteiger partial charge on any atom is -0.396 e. The Labute approximate surface area is 117 Å². The topological polar surface area (TPSA) is 57.6 Å². The Morgan fingerprint density at radius 3 is 2.56 bits per heavy atom. The third-order valence-corrected chi connectivity index (χ3v) is 5.57. The number of halogens is 1. The van der Waals surface area contributed by atoms with Crippen LogP contribution in [0.5, 0.6) is 0 Å². The van der Waals surface area contributed by atoms with E-state index in [0.29, 0.717) is 24.0 Å². The summed E-state index contributed by atoms with van der Waals surface area (Å²) < 4.78 is 26.8. The highest BCUT2D eigenvalue weighted by Crippen LogP contribution is 2.26. The molecule has 0 spiro atoms. The Morgan fingerprint density at radius 1 is 1.39 bits per heavy atom. The van der Waals surface area contributed by atoms with Crippen LogP contribution in [-0.4, -0.2) is 37.5 Å². The third kappa shape index (κ3) is 3.54. The molecule has 0 unspecified atom stereocenters. The van der Waals surface area contributed by atoms with Crippen LogP contribution in [0.1, 0.15) is 18.9 Å². The van der Waals surface area contributed by atoms with Gasteiger partial charge >= 0.3 is 0 Å². The molecule has 0 aliphatic rings. The maximum Gasteiger partial charge on any atom is 0.244 e. The summed E-state index contributed by atoms with van der Waals surface area (Å²) in [7, 11) is -3.50. The summed E-state index contributed by atoms with van der Waals surface area (Å²) in [5.74, 6) is 0. The first kappa shape index (κ1) is 15.6. The lowest BCUT2D eigenvalue weighted by molar-refractivity contribution is 0.271. The highest BCUT2D eigenvalue weighted by molar-refractivity contribution is 9.10. The van der Waals surface area contributed by atoms with Crippen LogP contribution in [0.2, 0.25) is 0 Å². The maximum atomic E-state index is 12.4. The van der Waals surface area contributed by atoms with Gasteiger partial charge in [-0.15, -0.1) is 0 Å². The van der Waals surface area contributed by atoms with Crippen molar-refractivity contribution in [2.45, 2.75) is 25.2 Å². The van der Waals surface area contributed by atoms with Crippen LogP contribution in [0.4, 0.5) is 0 Å². The second-order valence-electron chi connectivity index (χ2n) is 4.01. The van der Waals surface area contributed by atoms with Gasteiger partial charge in [-0.3, -0.25) is 0 Å². The standard InChI is InChI=1S/C12H18BrNO3S/c1-3-14(7-4-8-15)18(16,17)12-6-5-10(2)9-11(12)13/h5-6,9,15H,3-4,7-8H2,1-2H3. The van der Waals surface area contributed by atoms with Gasteiger partial charge in [0.25, 0.3) is 0 Å². The lowest BCUT2D eigenvalue weighted by Gasteiger charge is -2.20. The first-order valence-electron chi connectivity index (χ1n) is 5.80. The molecule has 1 aromatic rings. The van der Waals surface area contributed by atoms with Crippen molar-refractivity contribution >= 4 is 26.0 Å². The number of aryl methyl sites for hydroxylation is 1. The van der Waals surface area contributed by atoms with Crippen molar-refractivity contribution in [2.24, 2.45) is 0 Å². The van der Waals surface area contributed by atoms with Crippen molar-refractivity contribution in [2.75, 3.05) is 19.7 Å². The zero-order valence-electron chi connectivity index (χ0n) is 10.6. The zero-order chi connectivity index (χ0) is 13.8. The molecule has 0 fully saturated rings. The second-order valence-corrected chi connectivity index (χ2v) is 6.77. The van der Waals surface area contributed by atoms with Crippen LogP contribution in [0.25, 0.3) is 0 Å². The third-order valence-electron chi connectivity index (χ3n) is 2.62. The van der Waals surface area contributed by atoms with Crippen LogP contribution in [0.15, 0.2) is 27.6 Å². The van der Waals surface area contributed by atoms with E-state index < -0.39 is 10.0 Å². The highest BCUT2D eigenvalue weighted by atomic mass is 79.9. The number of rotatable bonds is 6. The van der Waals surface area contributed by atoms with E-state index in [1.165, 1.54) is 4.31 Å². The van der Waals surface area contributed by atoms with Gasteiger partial charge in [0.15, 0.2) is 0 Å². The van der Waals surface area contributed by atoms with Gasteiger partial charge < -0.3 is 5.11 Å². The Morgan fingerprint density at radius 2 is 2.06 bits per heavy atom. The largest absolute Gasteiger partial charge is 0.396 e. The summed E-state index contributed by atoms with van der Waals surface area (Å²) >= 11 is 3.29. The molecule has 0 saturated carbocycles. The molecular weight excluding hydrogens is 318 g/mol. The van der Waals surface area contributed by atoms with E-state index in [-0.39, 0.29) is 11.5 Å². The molecule has 0 aromatic heterocycles. The number of hydrogen-bond donors (Lipinski definition) is 1. The van der Waals surface area contributed by atoms with Gasteiger partial charge in [-0.2, -0.15) is 4.31 Å². The molecule has 0 amide bonds. The Balaban J connectivity index is 3.10. The average Bonchev–Trinajstić information content (AvgIpc) is 2.29. The monoisotopic (exact) mass is 335 g/mol. The Kier molecular flexibility index (Phi) is 5.78. The van der Waals surface area contributed by atoms with Crippen molar-refractivity contribution in [1.29, 1.82) is 0 Å². The van der Waals surface area contributed by atoms with E-state index >= 15 is 0 Å². The maximum absolute atomic E-state index is 12.4. The van der Waals surface area contributed by atoms with E-state index in [2.05, 4.69) is 15.9 Å². The fourth-order valence-corrected chi connectivity index (χ4v) is 4.29. The minimum atomic E-state index is -3.50. The number of aliphatic hydroxyl groups is 1. The van der Waals surface area contributed by atoms with Gasteiger partial charge in [0, 0.05) is 24.2 Å². The molecule has 0 aliphatic carbocycles. The molecule has 1 aromatic carbocycles. The molecule has 0 radical (unpaired) electrons. The van der Waals surface area contributed by atoms with Gasteiger partial charge in [-0.05, 0) is 47.0 Å². The smallest absolute Gasteiger partial charge is 0.244 e. The molecule has 0 heterocycles. The fraction of sp³-hybridized carbons (Fsp3) is 0.500. The summed E-state index contributed by atoms with van der Waals surface area (Å²) in [6, 6.07) is 5.17. The van der Waals surface area contributed by atoms with E-state index in [4.69, 9.17) is 5.11 Å². The molecule has 18 heavy (non-hydrogen) atoms. The van der Waals surface area contributed by atoms with Gasteiger partial charge in [0.1, 0.15) is 0 Å². The van der Waals surface area contributed by atoms with Crippen LogP contribution in [-0.2, 0) is 10.0 Å². The van der Waals surface area contributed by atoms with Crippen molar-refractivity contribution in [3.8, 4) is 0 Å². The van der Waals surface area contributed by atoms with Crippen molar-refractivity contribution in [3.05, 3.63) is 28.2 Å². The summed E-state index contributed by atoms with van der Waals surface area (Å²) in [4.78, 5) is 0.271. The zero-order valence-corrected chi connectivity index (χ0v) is 13.0. The molecule has 0 aliphatic heterocycles. The molecule has 102 valence electrons. The quantitative estimate of drug-likeness (QED) is 0.866. The molecule has 0 saturated heterocycles. The number of nitrogens with zero attached hydrogens (tertiary/aromatic N) is 1. The first-order valence-corrected chi connectivity index (χ1v) is 8.04. The van der Waals surface area contributed by atoms with Crippen LogP contribution in [0, 0.1) is 6.92 Å². The van der Waals surface area contributed by atoms with Gasteiger partial charge in [-0.25, -0.2) is 8.42 Å². The second kappa shape index (κ2) is 6.65. The van der Waals surface area contributed by atoms with E-state index in [1.807, 2.05) is 6.92 Å². The SMILES string of the molecule is CCN(CCCO)S(=O)(=O)c1ccc(C)cc1Br. The molecule has 0 bridgehead atoms. The van der Waals surface area contributed by atoms with Crippen molar-refractivity contribution < 1.29 is 13.5 Å². The summed E-state index contributed by atoms with van der Waals surface area (Å²) in [6.07, 6.45) is 0.441. The van der Waals surface area contributed by atoms with Gasteiger partial charge in [-0.1, -0.05) is 13.0 Å². The molecule has 0 atom stereocenters. The van der Waals surface area contributed by atoms with Crippen LogP contribution in [0.3, 0.4) is 0 Å². The normalized spacial score (nSPS) is 12.1. The Bertz CT molecular complexity index is 502. The number of sulfonamides is 1. The van der Waals surface area contributed by atoms with Gasteiger partial charge in [0.05, 0.1) is 4.90 Å². The van der Waals surface area contributed by atoms with Crippen LogP contribution < -0.4 is 0 Å². The van der Waals surface area contributed by atoms with Gasteiger partial charge in [0.2, 0.25) is 10.0 Å². The van der Waals surface area contributed by atoms with E-state index in [1.54, 1.807) is 25.1 Å². The average molecular weight is 336 g/mol. The summed E-state index contributed by atoms with van der Waals surface area (Å²) in [5, 5.41) is 8.81. The lowest BCUT2D eigenvalue weighted by atomic mass is 10.2. The molecular formula is C12H18BrNO3S. The predicted octanol–water partition coefficient (Wildman–Crippen LogP) is 2.15. The predicted molar refractivity (Wildman–Crippen MR) is 75.0 cm³/mol. The number of hydrogen-bond acceptors (Lipinski definition) is 3. The number of benzene rings is 1. The van der Waals surface area contributed by atoms with Crippen molar-refractivity contribution in [3.63, 3.8) is 0 Å². The first-order chi connectivity index (χ1) is 8.43. The molecule has 4 nitrogen and oxygen atoms in total. The summed E-state index contributed by atoms with van der Waals surface area (Å²) in [5.41, 5.74) is 0.999. The molecule has 6 heteroatoms. The molecule has 1 N–H and O–H groups in total. The lowest BCUT2D eigenvalue weighted by Crippen LogP contribution is -2.32. The minimum absolute atomic E-state index is 0.0128. The highest BCUT2D eigenvalue weighted by Gasteiger charge is 2.24.